The van der Waals surface area contributed by atoms with Crippen molar-refractivity contribution in [2.45, 2.75) is 31.7 Å². The highest BCUT2D eigenvalue weighted by Crippen LogP contribution is 2.29. The van der Waals surface area contributed by atoms with E-state index in [2.05, 4.69) is 12.2 Å². The van der Waals surface area contributed by atoms with Crippen molar-refractivity contribution in [1.82, 2.24) is 5.32 Å². The number of hydrogen-bond donors (Lipinski definition) is 2. The zero-order chi connectivity index (χ0) is 13.0. The second kappa shape index (κ2) is 5.87. The number of aliphatic carboxylic acids is 1. The van der Waals surface area contributed by atoms with E-state index in [0.29, 0.717) is 6.61 Å². The van der Waals surface area contributed by atoms with Crippen LogP contribution in [-0.4, -0.2) is 30.3 Å². The Labute approximate surface area is 107 Å². The molecule has 2 N–H and O–H groups in total. The van der Waals surface area contributed by atoms with Crippen molar-refractivity contribution in [3.63, 3.8) is 0 Å². The molecule has 1 saturated heterocycles. The molecule has 0 aliphatic carbocycles. The van der Waals surface area contributed by atoms with Gasteiger partial charge in [0.15, 0.2) is 0 Å². The molecule has 18 heavy (non-hydrogen) atoms. The minimum Gasteiger partial charge on any atom is -0.494 e. The van der Waals surface area contributed by atoms with E-state index in [1.54, 1.807) is 0 Å². The molecule has 4 nitrogen and oxygen atoms in total. The minimum atomic E-state index is -0.774. The molecule has 0 saturated carbocycles. The van der Waals surface area contributed by atoms with Crippen LogP contribution in [0.25, 0.3) is 0 Å². The second-order valence-electron chi connectivity index (χ2n) is 4.58. The van der Waals surface area contributed by atoms with E-state index in [4.69, 9.17) is 9.84 Å². The Kier molecular flexibility index (Phi) is 4.20. The van der Waals surface area contributed by atoms with Gasteiger partial charge in [-0.3, -0.25) is 4.79 Å². The number of rotatable bonds is 5. The molecule has 1 aromatic rings. The Hall–Kier alpha value is -1.55. The fraction of sp³-hybridized carbons (Fsp3) is 0.500. The van der Waals surface area contributed by atoms with E-state index >= 15 is 0 Å². The van der Waals surface area contributed by atoms with Crippen molar-refractivity contribution in [3.05, 3.63) is 29.8 Å². The van der Waals surface area contributed by atoms with E-state index in [9.17, 15) is 4.79 Å². The first kappa shape index (κ1) is 12.9. The van der Waals surface area contributed by atoms with Gasteiger partial charge >= 0.3 is 5.97 Å². The van der Waals surface area contributed by atoms with Crippen LogP contribution in [0.3, 0.4) is 0 Å². The first-order chi connectivity index (χ1) is 8.72. The summed E-state index contributed by atoms with van der Waals surface area (Å²) >= 11 is 0. The topological polar surface area (TPSA) is 58.6 Å². The summed E-state index contributed by atoms with van der Waals surface area (Å²) in [6.45, 7) is 3.54. The second-order valence-corrected chi connectivity index (χ2v) is 4.58. The molecule has 2 unspecified atom stereocenters. The SMILES string of the molecule is CCCOc1ccc(C2CCNC2C(=O)O)cc1. The third-order valence-corrected chi connectivity index (χ3v) is 3.27. The van der Waals surface area contributed by atoms with Gasteiger partial charge in [-0.2, -0.15) is 0 Å². The van der Waals surface area contributed by atoms with Gasteiger partial charge in [0.25, 0.3) is 0 Å². The van der Waals surface area contributed by atoms with Crippen LogP contribution in [0.5, 0.6) is 5.75 Å². The van der Waals surface area contributed by atoms with E-state index in [1.807, 2.05) is 24.3 Å². The van der Waals surface area contributed by atoms with Crippen LogP contribution in [0.15, 0.2) is 24.3 Å². The van der Waals surface area contributed by atoms with Crippen molar-refractivity contribution in [1.29, 1.82) is 0 Å². The Morgan fingerprint density at radius 2 is 2.17 bits per heavy atom. The third-order valence-electron chi connectivity index (χ3n) is 3.27. The molecule has 4 heteroatoms. The molecule has 1 heterocycles. The average molecular weight is 249 g/mol. The Morgan fingerprint density at radius 3 is 2.78 bits per heavy atom. The van der Waals surface area contributed by atoms with E-state index in [-0.39, 0.29) is 5.92 Å². The standard InChI is InChI=1S/C14H19NO3/c1-2-9-18-11-5-3-10(4-6-11)12-7-8-15-13(12)14(16)17/h3-6,12-13,15H,2,7-9H2,1H3,(H,16,17). The van der Waals surface area contributed by atoms with Crippen molar-refractivity contribution in [2.75, 3.05) is 13.2 Å². The molecule has 1 aliphatic heterocycles. The van der Waals surface area contributed by atoms with Gasteiger partial charge in [-0.15, -0.1) is 0 Å². The predicted octanol–water partition coefficient (Wildman–Crippen LogP) is 2.01. The van der Waals surface area contributed by atoms with Crippen molar-refractivity contribution < 1.29 is 14.6 Å². The highest BCUT2D eigenvalue weighted by Gasteiger charge is 2.33. The van der Waals surface area contributed by atoms with Crippen molar-refractivity contribution in [3.8, 4) is 5.75 Å². The van der Waals surface area contributed by atoms with Gasteiger partial charge in [0.2, 0.25) is 0 Å². The summed E-state index contributed by atoms with van der Waals surface area (Å²) in [4.78, 5) is 11.1. The molecule has 0 spiro atoms. The fourth-order valence-corrected chi connectivity index (χ4v) is 2.35. The first-order valence-electron chi connectivity index (χ1n) is 6.41. The zero-order valence-electron chi connectivity index (χ0n) is 10.6. The molecule has 98 valence electrons. The summed E-state index contributed by atoms with van der Waals surface area (Å²) in [5.74, 6) is 0.130. The van der Waals surface area contributed by atoms with Gasteiger partial charge in [-0.1, -0.05) is 19.1 Å². The highest BCUT2D eigenvalue weighted by molar-refractivity contribution is 5.75. The van der Waals surface area contributed by atoms with Crippen molar-refractivity contribution in [2.24, 2.45) is 0 Å². The molecule has 0 radical (unpaired) electrons. The lowest BCUT2D eigenvalue weighted by atomic mass is 9.92. The monoisotopic (exact) mass is 249 g/mol. The number of carbonyl (C=O) groups is 1. The number of carboxylic acid groups (broad SMARTS) is 1. The van der Waals surface area contributed by atoms with Gasteiger partial charge in [0.05, 0.1) is 6.61 Å². The Balaban J connectivity index is 2.06. The summed E-state index contributed by atoms with van der Waals surface area (Å²) in [5, 5.41) is 12.2. The Bertz CT molecular complexity index is 402. The lowest BCUT2D eigenvalue weighted by Gasteiger charge is -2.16. The molecule has 1 aliphatic rings. The lowest BCUT2D eigenvalue weighted by Crippen LogP contribution is -2.34. The Morgan fingerprint density at radius 1 is 1.44 bits per heavy atom. The maximum Gasteiger partial charge on any atom is 0.321 e. The van der Waals surface area contributed by atoms with Crippen LogP contribution in [0.1, 0.15) is 31.2 Å². The van der Waals surface area contributed by atoms with Gasteiger partial charge in [-0.25, -0.2) is 0 Å². The summed E-state index contributed by atoms with van der Waals surface area (Å²) in [7, 11) is 0. The van der Waals surface area contributed by atoms with Gasteiger partial charge in [-0.05, 0) is 37.1 Å². The van der Waals surface area contributed by atoms with Crippen LogP contribution < -0.4 is 10.1 Å². The van der Waals surface area contributed by atoms with Crippen LogP contribution in [0.2, 0.25) is 0 Å². The smallest absolute Gasteiger partial charge is 0.321 e. The quantitative estimate of drug-likeness (QED) is 0.838. The minimum absolute atomic E-state index is 0.0581. The summed E-state index contributed by atoms with van der Waals surface area (Å²) in [5.41, 5.74) is 1.07. The maximum absolute atomic E-state index is 11.1. The van der Waals surface area contributed by atoms with E-state index in [0.717, 1.165) is 30.7 Å². The molecular formula is C14H19NO3. The summed E-state index contributed by atoms with van der Waals surface area (Å²) in [6, 6.07) is 7.31. The van der Waals surface area contributed by atoms with Crippen LogP contribution in [-0.2, 0) is 4.79 Å². The highest BCUT2D eigenvalue weighted by atomic mass is 16.5. The first-order valence-corrected chi connectivity index (χ1v) is 6.41. The number of ether oxygens (including phenoxy) is 1. The maximum atomic E-state index is 11.1. The zero-order valence-corrected chi connectivity index (χ0v) is 10.6. The average Bonchev–Trinajstić information content (AvgIpc) is 2.86. The molecule has 0 bridgehead atoms. The van der Waals surface area contributed by atoms with Gasteiger partial charge < -0.3 is 15.2 Å². The lowest BCUT2D eigenvalue weighted by molar-refractivity contribution is -0.139. The molecular weight excluding hydrogens is 230 g/mol. The van der Waals surface area contributed by atoms with E-state index in [1.165, 1.54) is 0 Å². The molecule has 1 aromatic carbocycles. The van der Waals surface area contributed by atoms with Gasteiger partial charge in [0.1, 0.15) is 11.8 Å². The summed E-state index contributed by atoms with van der Waals surface area (Å²) < 4.78 is 5.52. The normalized spacial score (nSPS) is 22.9. The number of carboxylic acids is 1. The molecule has 2 atom stereocenters. The van der Waals surface area contributed by atoms with Gasteiger partial charge in [0, 0.05) is 5.92 Å². The van der Waals surface area contributed by atoms with Crippen LogP contribution in [0.4, 0.5) is 0 Å². The largest absolute Gasteiger partial charge is 0.494 e. The van der Waals surface area contributed by atoms with Crippen LogP contribution in [0, 0.1) is 0 Å². The number of hydrogen-bond acceptors (Lipinski definition) is 3. The summed E-state index contributed by atoms with van der Waals surface area (Å²) in [6.07, 6.45) is 1.85. The molecule has 2 rings (SSSR count). The molecule has 0 amide bonds. The number of benzene rings is 1. The predicted molar refractivity (Wildman–Crippen MR) is 69.0 cm³/mol. The molecule has 0 aromatic heterocycles. The fourth-order valence-electron chi connectivity index (χ4n) is 2.35. The number of nitrogens with one attached hydrogen (secondary N) is 1. The molecule has 1 fully saturated rings. The van der Waals surface area contributed by atoms with E-state index < -0.39 is 12.0 Å². The van der Waals surface area contributed by atoms with Crippen molar-refractivity contribution >= 4 is 5.97 Å². The van der Waals surface area contributed by atoms with Crippen LogP contribution >= 0.6 is 0 Å². The third kappa shape index (κ3) is 2.82.